The monoisotopic (exact) mass is 261 g/mol. The molecular weight excluding hydrogens is 242 g/mol. The lowest BCUT2D eigenvalue weighted by molar-refractivity contribution is 1.15. The average molecular weight is 261 g/mol. The predicted octanol–water partition coefficient (Wildman–Crippen LogP) is 5.08. The molecule has 1 heteroatoms. The fourth-order valence-corrected chi connectivity index (χ4v) is 2.79. The van der Waals surface area contributed by atoms with E-state index in [0.29, 0.717) is 0 Å². The largest absolute Gasteiger partial charge is 0.256 e. The SMILES string of the molecule is CCc1ccc2c(-c3cc(C)cc(C)c3)nccc2c1. The van der Waals surface area contributed by atoms with Crippen LogP contribution in [0, 0.1) is 13.8 Å². The predicted molar refractivity (Wildman–Crippen MR) is 86.0 cm³/mol. The van der Waals surface area contributed by atoms with Gasteiger partial charge >= 0.3 is 0 Å². The molecule has 0 amide bonds. The van der Waals surface area contributed by atoms with Crippen LogP contribution in [-0.2, 0) is 6.42 Å². The van der Waals surface area contributed by atoms with Gasteiger partial charge in [-0.3, -0.25) is 4.98 Å². The Morgan fingerprint density at radius 2 is 1.65 bits per heavy atom. The molecule has 0 aliphatic carbocycles. The van der Waals surface area contributed by atoms with Gasteiger partial charge in [0, 0.05) is 17.1 Å². The Labute approximate surface area is 120 Å². The van der Waals surface area contributed by atoms with Crippen molar-refractivity contribution >= 4 is 10.8 Å². The summed E-state index contributed by atoms with van der Waals surface area (Å²) in [6.45, 7) is 6.46. The van der Waals surface area contributed by atoms with E-state index in [9.17, 15) is 0 Å². The molecule has 0 saturated carbocycles. The van der Waals surface area contributed by atoms with E-state index in [-0.39, 0.29) is 0 Å². The minimum Gasteiger partial charge on any atom is -0.256 e. The number of benzene rings is 2. The standard InChI is InChI=1S/C19H19N/c1-4-15-5-6-18-16(12-15)7-8-20-19(18)17-10-13(2)9-14(3)11-17/h5-12H,4H2,1-3H3. The Kier molecular flexibility index (Phi) is 3.27. The summed E-state index contributed by atoms with van der Waals surface area (Å²) >= 11 is 0. The van der Waals surface area contributed by atoms with E-state index in [2.05, 4.69) is 68.2 Å². The van der Waals surface area contributed by atoms with Crippen molar-refractivity contribution in [2.45, 2.75) is 27.2 Å². The molecule has 20 heavy (non-hydrogen) atoms. The third kappa shape index (κ3) is 2.32. The second-order valence-electron chi connectivity index (χ2n) is 5.44. The van der Waals surface area contributed by atoms with E-state index in [4.69, 9.17) is 0 Å². The number of fused-ring (bicyclic) bond motifs is 1. The van der Waals surface area contributed by atoms with Gasteiger partial charge in [0.2, 0.25) is 0 Å². The van der Waals surface area contributed by atoms with Crippen LogP contribution in [0.1, 0.15) is 23.6 Å². The third-order valence-corrected chi connectivity index (χ3v) is 3.73. The quantitative estimate of drug-likeness (QED) is 0.626. The highest BCUT2D eigenvalue weighted by Gasteiger charge is 2.06. The fraction of sp³-hybridized carbons (Fsp3) is 0.211. The molecule has 0 bridgehead atoms. The summed E-state index contributed by atoms with van der Waals surface area (Å²) in [7, 11) is 0. The van der Waals surface area contributed by atoms with Gasteiger partial charge in [-0.15, -0.1) is 0 Å². The molecule has 3 rings (SSSR count). The molecule has 100 valence electrons. The topological polar surface area (TPSA) is 12.9 Å². The molecule has 1 nitrogen and oxygen atoms in total. The summed E-state index contributed by atoms with van der Waals surface area (Å²) in [5.74, 6) is 0. The van der Waals surface area contributed by atoms with Crippen molar-refractivity contribution in [3.05, 3.63) is 65.4 Å². The molecular formula is C19H19N. The number of nitrogens with zero attached hydrogens (tertiary/aromatic N) is 1. The zero-order valence-electron chi connectivity index (χ0n) is 12.3. The van der Waals surface area contributed by atoms with Crippen molar-refractivity contribution in [1.29, 1.82) is 0 Å². The van der Waals surface area contributed by atoms with Gasteiger partial charge in [0.15, 0.2) is 0 Å². The van der Waals surface area contributed by atoms with E-state index in [1.54, 1.807) is 0 Å². The van der Waals surface area contributed by atoms with Crippen LogP contribution in [0.15, 0.2) is 48.7 Å². The van der Waals surface area contributed by atoms with Crippen LogP contribution in [-0.4, -0.2) is 4.98 Å². The summed E-state index contributed by atoms with van der Waals surface area (Å²) in [6.07, 6.45) is 2.98. The number of aromatic nitrogens is 1. The number of hydrogen-bond acceptors (Lipinski definition) is 1. The maximum absolute atomic E-state index is 4.61. The van der Waals surface area contributed by atoms with E-state index in [1.807, 2.05) is 6.20 Å². The fourth-order valence-electron chi connectivity index (χ4n) is 2.79. The molecule has 0 N–H and O–H groups in total. The Hall–Kier alpha value is -2.15. The number of hydrogen-bond donors (Lipinski definition) is 0. The molecule has 1 aromatic heterocycles. The second-order valence-corrected chi connectivity index (χ2v) is 5.44. The van der Waals surface area contributed by atoms with Crippen LogP contribution in [0.3, 0.4) is 0 Å². The average Bonchev–Trinajstić information content (AvgIpc) is 2.45. The van der Waals surface area contributed by atoms with Crippen molar-refractivity contribution in [3.8, 4) is 11.3 Å². The van der Waals surface area contributed by atoms with Crippen LogP contribution < -0.4 is 0 Å². The summed E-state index contributed by atoms with van der Waals surface area (Å²) in [5.41, 5.74) is 6.22. The van der Waals surface area contributed by atoms with Crippen molar-refractivity contribution < 1.29 is 0 Å². The minimum absolute atomic E-state index is 1.07. The third-order valence-electron chi connectivity index (χ3n) is 3.73. The molecule has 0 spiro atoms. The van der Waals surface area contributed by atoms with Gasteiger partial charge in [-0.2, -0.15) is 0 Å². The Morgan fingerprint density at radius 3 is 2.35 bits per heavy atom. The van der Waals surface area contributed by atoms with Crippen molar-refractivity contribution in [1.82, 2.24) is 4.98 Å². The van der Waals surface area contributed by atoms with Gasteiger partial charge in [0.1, 0.15) is 0 Å². The van der Waals surface area contributed by atoms with Crippen molar-refractivity contribution in [2.75, 3.05) is 0 Å². The molecule has 2 aromatic carbocycles. The lowest BCUT2D eigenvalue weighted by atomic mass is 9.99. The zero-order valence-corrected chi connectivity index (χ0v) is 12.3. The number of pyridine rings is 1. The van der Waals surface area contributed by atoms with Crippen LogP contribution in [0.2, 0.25) is 0 Å². The molecule has 0 saturated heterocycles. The maximum Gasteiger partial charge on any atom is 0.0780 e. The van der Waals surface area contributed by atoms with Crippen LogP contribution in [0.5, 0.6) is 0 Å². The summed E-state index contributed by atoms with van der Waals surface area (Å²) in [4.78, 5) is 4.61. The first-order valence-electron chi connectivity index (χ1n) is 7.13. The highest BCUT2D eigenvalue weighted by Crippen LogP contribution is 2.28. The van der Waals surface area contributed by atoms with E-state index in [1.165, 1.54) is 33.0 Å². The highest BCUT2D eigenvalue weighted by atomic mass is 14.7. The normalized spacial score (nSPS) is 10.9. The van der Waals surface area contributed by atoms with E-state index >= 15 is 0 Å². The first-order valence-corrected chi connectivity index (χ1v) is 7.13. The molecule has 0 unspecified atom stereocenters. The van der Waals surface area contributed by atoms with Gasteiger partial charge in [-0.25, -0.2) is 0 Å². The maximum atomic E-state index is 4.61. The molecule has 0 aliphatic rings. The second kappa shape index (κ2) is 5.09. The first-order chi connectivity index (χ1) is 9.67. The van der Waals surface area contributed by atoms with Gasteiger partial charge in [0.05, 0.1) is 5.69 Å². The zero-order chi connectivity index (χ0) is 14.1. The molecule has 0 aliphatic heterocycles. The van der Waals surface area contributed by atoms with Crippen LogP contribution in [0.4, 0.5) is 0 Å². The Balaban J connectivity index is 2.25. The number of aryl methyl sites for hydroxylation is 3. The van der Waals surface area contributed by atoms with Gasteiger partial charge < -0.3 is 0 Å². The van der Waals surface area contributed by atoms with Crippen molar-refractivity contribution in [2.24, 2.45) is 0 Å². The minimum atomic E-state index is 1.07. The smallest absolute Gasteiger partial charge is 0.0780 e. The summed E-state index contributed by atoms with van der Waals surface area (Å²) < 4.78 is 0. The van der Waals surface area contributed by atoms with Gasteiger partial charge in [-0.1, -0.05) is 42.3 Å². The molecule has 0 radical (unpaired) electrons. The van der Waals surface area contributed by atoms with E-state index in [0.717, 1.165) is 12.1 Å². The lowest BCUT2D eigenvalue weighted by Gasteiger charge is -2.09. The number of rotatable bonds is 2. The molecule has 0 fully saturated rings. The van der Waals surface area contributed by atoms with Crippen LogP contribution in [0.25, 0.3) is 22.0 Å². The van der Waals surface area contributed by atoms with E-state index < -0.39 is 0 Å². The van der Waals surface area contributed by atoms with Crippen LogP contribution >= 0.6 is 0 Å². The lowest BCUT2D eigenvalue weighted by Crippen LogP contribution is -1.89. The summed E-state index contributed by atoms with van der Waals surface area (Å²) in [5, 5.41) is 2.50. The Bertz CT molecular complexity index is 752. The molecule has 0 atom stereocenters. The summed E-state index contributed by atoms with van der Waals surface area (Å²) in [6, 6.07) is 15.4. The van der Waals surface area contributed by atoms with Gasteiger partial charge in [-0.05, 0) is 49.4 Å². The Morgan fingerprint density at radius 1 is 0.900 bits per heavy atom. The highest BCUT2D eigenvalue weighted by molar-refractivity contribution is 5.94. The molecule has 3 aromatic rings. The van der Waals surface area contributed by atoms with Crippen molar-refractivity contribution in [3.63, 3.8) is 0 Å². The molecule has 1 heterocycles. The first kappa shape index (κ1) is 12.9. The van der Waals surface area contributed by atoms with Gasteiger partial charge in [0.25, 0.3) is 0 Å².